The van der Waals surface area contributed by atoms with Gasteiger partial charge in [0.05, 0.1) is 11.9 Å². The first-order valence-electron chi connectivity index (χ1n) is 6.92. The minimum Gasteiger partial charge on any atom is -0.318 e. The van der Waals surface area contributed by atoms with Gasteiger partial charge < -0.3 is 4.57 Å². The first-order chi connectivity index (χ1) is 10.3. The third-order valence-electron chi connectivity index (χ3n) is 3.79. The molecule has 4 rings (SSSR count). The van der Waals surface area contributed by atoms with E-state index in [4.69, 9.17) is 0 Å². The van der Waals surface area contributed by atoms with Gasteiger partial charge in [0.2, 0.25) is 0 Å². The minimum absolute atomic E-state index is 0.226. The zero-order chi connectivity index (χ0) is 14.2. The topological polar surface area (TPSA) is 47.8 Å². The van der Waals surface area contributed by atoms with Gasteiger partial charge in [-0.25, -0.2) is 4.98 Å². The van der Waals surface area contributed by atoms with Crippen molar-refractivity contribution in [3.63, 3.8) is 0 Å². The largest absolute Gasteiger partial charge is 0.318 e. The lowest BCUT2D eigenvalue weighted by Gasteiger charge is -2.15. The predicted octanol–water partition coefficient (Wildman–Crippen LogP) is 3.51. The Labute approximate surface area is 126 Å². The van der Waals surface area contributed by atoms with Crippen LogP contribution in [-0.4, -0.2) is 20.3 Å². The number of Topliss-reactive ketones (excluding diaryl/α,β-unsaturated/α-hetero) is 1. The average molecular weight is 295 g/mol. The fourth-order valence-electron chi connectivity index (χ4n) is 2.89. The Balaban J connectivity index is 1.97. The Morgan fingerprint density at radius 3 is 2.95 bits per heavy atom. The first kappa shape index (κ1) is 12.5. The summed E-state index contributed by atoms with van der Waals surface area (Å²) in [4.78, 5) is 20.9. The lowest BCUT2D eigenvalue weighted by Crippen LogP contribution is -2.12. The van der Waals surface area contributed by atoms with Crippen molar-refractivity contribution in [1.82, 2.24) is 14.5 Å². The molecule has 21 heavy (non-hydrogen) atoms. The van der Waals surface area contributed by atoms with E-state index in [2.05, 4.69) is 14.5 Å². The molecule has 0 radical (unpaired) electrons. The number of hydrogen-bond acceptors (Lipinski definition) is 4. The molecular weight excluding hydrogens is 282 g/mol. The molecular formula is C16H13N3OS. The zero-order valence-corrected chi connectivity index (χ0v) is 12.1. The Hall–Kier alpha value is -2.27. The molecule has 0 unspecified atom stereocenters. The molecule has 0 aromatic carbocycles. The maximum atomic E-state index is 12.4. The van der Waals surface area contributed by atoms with Crippen LogP contribution in [0, 0.1) is 0 Å². The highest BCUT2D eigenvalue weighted by atomic mass is 32.1. The Bertz CT molecular complexity index is 791. The maximum absolute atomic E-state index is 12.4. The van der Waals surface area contributed by atoms with Crippen LogP contribution in [0.3, 0.4) is 0 Å². The number of carbonyl (C=O) groups excluding carboxylic acids is 1. The van der Waals surface area contributed by atoms with Crippen LogP contribution in [0.25, 0.3) is 16.3 Å². The van der Waals surface area contributed by atoms with Crippen LogP contribution in [0.15, 0.2) is 42.3 Å². The molecule has 5 heteroatoms. The molecule has 0 aliphatic heterocycles. The molecule has 0 saturated heterocycles. The van der Waals surface area contributed by atoms with Gasteiger partial charge in [0, 0.05) is 47.2 Å². The fraction of sp³-hybridized carbons (Fsp3) is 0.188. The number of aromatic nitrogens is 3. The second-order valence-corrected chi connectivity index (χ2v) is 5.95. The highest BCUT2D eigenvalue weighted by Gasteiger charge is 2.27. The quantitative estimate of drug-likeness (QED) is 0.727. The SMILES string of the molecule is O=C1CCCc2c1c(-c1nccs1)cn2-c1cccnc1. The number of rotatable bonds is 2. The second-order valence-electron chi connectivity index (χ2n) is 5.06. The number of hydrogen-bond donors (Lipinski definition) is 0. The lowest BCUT2D eigenvalue weighted by molar-refractivity contribution is 0.0973. The number of fused-ring (bicyclic) bond motifs is 1. The maximum Gasteiger partial charge on any atom is 0.165 e. The molecule has 3 aromatic heterocycles. The van der Waals surface area contributed by atoms with Crippen LogP contribution < -0.4 is 0 Å². The van der Waals surface area contributed by atoms with Gasteiger partial charge in [0.1, 0.15) is 5.01 Å². The van der Waals surface area contributed by atoms with E-state index in [1.807, 2.05) is 29.9 Å². The van der Waals surface area contributed by atoms with Gasteiger partial charge in [-0.1, -0.05) is 0 Å². The lowest BCUT2D eigenvalue weighted by atomic mass is 9.94. The standard InChI is InChI=1S/C16H13N3OS/c20-14-5-1-4-13-15(14)12(16-18-7-8-21-16)10-19(13)11-3-2-6-17-9-11/h2-3,6-10H,1,4-5H2. The normalized spacial score (nSPS) is 14.2. The van der Waals surface area contributed by atoms with Gasteiger partial charge in [-0.2, -0.15) is 0 Å². The Kier molecular flexibility index (Phi) is 2.93. The summed E-state index contributed by atoms with van der Waals surface area (Å²) in [7, 11) is 0. The van der Waals surface area contributed by atoms with Gasteiger partial charge in [0.15, 0.2) is 5.78 Å². The molecule has 0 amide bonds. The molecule has 104 valence electrons. The first-order valence-corrected chi connectivity index (χ1v) is 7.80. The second kappa shape index (κ2) is 4.93. The van der Waals surface area contributed by atoms with E-state index in [0.717, 1.165) is 40.4 Å². The van der Waals surface area contributed by atoms with Crippen molar-refractivity contribution in [2.75, 3.05) is 0 Å². The van der Waals surface area contributed by atoms with Crippen LogP contribution in [0.1, 0.15) is 28.9 Å². The zero-order valence-electron chi connectivity index (χ0n) is 11.3. The highest BCUT2D eigenvalue weighted by Crippen LogP contribution is 2.35. The molecule has 4 nitrogen and oxygen atoms in total. The smallest absolute Gasteiger partial charge is 0.165 e. The summed E-state index contributed by atoms with van der Waals surface area (Å²) in [6.45, 7) is 0. The molecule has 1 aliphatic rings. The minimum atomic E-state index is 0.226. The summed E-state index contributed by atoms with van der Waals surface area (Å²) in [5, 5.41) is 2.85. The molecule has 0 spiro atoms. The van der Waals surface area contributed by atoms with Crippen LogP contribution in [0.4, 0.5) is 0 Å². The van der Waals surface area contributed by atoms with E-state index in [0.29, 0.717) is 6.42 Å². The van der Waals surface area contributed by atoms with Gasteiger partial charge in [0.25, 0.3) is 0 Å². The molecule has 1 aliphatic carbocycles. The van der Waals surface area contributed by atoms with Crippen molar-refractivity contribution in [2.24, 2.45) is 0 Å². The molecule has 3 heterocycles. The van der Waals surface area contributed by atoms with Crippen molar-refractivity contribution in [2.45, 2.75) is 19.3 Å². The molecule has 3 aromatic rings. The Morgan fingerprint density at radius 2 is 2.19 bits per heavy atom. The molecule has 0 bridgehead atoms. The number of pyridine rings is 1. The van der Waals surface area contributed by atoms with Crippen LogP contribution >= 0.6 is 11.3 Å². The van der Waals surface area contributed by atoms with E-state index in [-0.39, 0.29) is 5.78 Å². The summed E-state index contributed by atoms with van der Waals surface area (Å²) in [5.74, 6) is 0.226. The van der Waals surface area contributed by atoms with Crippen LogP contribution in [-0.2, 0) is 6.42 Å². The number of ketones is 1. The number of nitrogens with zero attached hydrogens (tertiary/aromatic N) is 3. The molecule has 0 saturated carbocycles. The van der Waals surface area contributed by atoms with Gasteiger partial charge in [-0.3, -0.25) is 9.78 Å². The van der Waals surface area contributed by atoms with Crippen LogP contribution in [0.2, 0.25) is 0 Å². The molecule has 0 N–H and O–H groups in total. The van der Waals surface area contributed by atoms with Gasteiger partial charge >= 0.3 is 0 Å². The van der Waals surface area contributed by atoms with Crippen molar-refractivity contribution in [3.05, 3.63) is 53.6 Å². The van der Waals surface area contributed by atoms with E-state index in [1.165, 1.54) is 0 Å². The van der Waals surface area contributed by atoms with E-state index in [1.54, 1.807) is 23.7 Å². The third kappa shape index (κ3) is 2.01. The molecule has 0 atom stereocenters. The van der Waals surface area contributed by atoms with Crippen molar-refractivity contribution in [1.29, 1.82) is 0 Å². The van der Waals surface area contributed by atoms with Crippen molar-refractivity contribution in [3.8, 4) is 16.3 Å². The van der Waals surface area contributed by atoms with E-state index in [9.17, 15) is 4.79 Å². The highest BCUT2D eigenvalue weighted by molar-refractivity contribution is 7.13. The van der Waals surface area contributed by atoms with E-state index < -0.39 is 0 Å². The van der Waals surface area contributed by atoms with E-state index >= 15 is 0 Å². The Morgan fingerprint density at radius 1 is 1.24 bits per heavy atom. The summed E-state index contributed by atoms with van der Waals surface area (Å²) in [5.41, 5.74) is 3.88. The third-order valence-corrected chi connectivity index (χ3v) is 4.60. The van der Waals surface area contributed by atoms with Gasteiger partial charge in [-0.15, -0.1) is 11.3 Å². The summed E-state index contributed by atoms with van der Waals surface area (Å²) < 4.78 is 2.09. The summed E-state index contributed by atoms with van der Waals surface area (Å²) in [6, 6.07) is 3.92. The van der Waals surface area contributed by atoms with Crippen molar-refractivity contribution < 1.29 is 4.79 Å². The number of carbonyl (C=O) groups is 1. The summed E-state index contributed by atoms with van der Waals surface area (Å²) in [6.07, 6.45) is 9.85. The predicted molar refractivity (Wildman–Crippen MR) is 81.9 cm³/mol. The average Bonchev–Trinajstić information content (AvgIpc) is 3.16. The van der Waals surface area contributed by atoms with Gasteiger partial charge in [-0.05, 0) is 25.0 Å². The molecule has 0 fully saturated rings. The van der Waals surface area contributed by atoms with Crippen molar-refractivity contribution >= 4 is 17.1 Å². The fourth-order valence-corrected chi connectivity index (χ4v) is 3.54. The number of thiazole rings is 1. The summed E-state index contributed by atoms with van der Waals surface area (Å²) >= 11 is 1.57. The monoisotopic (exact) mass is 295 g/mol. The van der Waals surface area contributed by atoms with Crippen LogP contribution in [0.5, 0.6) is 0 Å².